The molecule has 2 rings (SSSR count). The van der Waals surface area contributed by atoms with Gasteiger partial charge in [0.05, 0.1) is 19.0 Å². The Morgan fingerprint density at radius 2 is 1.95 bits per heavy atom. The lowest BCUT2D eigenvalue weighted by molar-refractivity contribution is -0.120. The number of hydrogen-bond acceptors (Lipinski definition) is 4. The molecular formula is C16H15FN2O3. The van der Waals surface area contributed by atoms with E-state index in [2.05, 4.69) is 10.5 Å². The number of methoxy groups -OCH3 is 1. The zero-order valence-electron chi connectivity index (χ0n) is 12.0. The summed E-state index contributed by atoms with van der Waals surface area (Å²) in [4.78, 5) is 16.5. The van der Waals surface area contributed by atoms with Gasteiger partial charge < -0.3 is 14.9 Å². The molecule has 0 fully saturated rings. The van der Waals surface area contributed by atoms with Crippen LogP contribution in [0, 0.1) is 5.82 Å². The number of carbonyl (C=O) groups excluding carboxylic acids is 1. The van der Waals surface area contributed by atoms with Crippen molar-refractivity contribution in [2.24, 2.45) is 5.16 Å². The first-order valence-electron chi connectivity index (χ1n) is 6.53. The van der Waals surface area contributed by atoms with E-state index in [1.807, 2.05) is 12.1 Å². The van der Waals surface area contributed by atoms with Crippen molar-refractivity contribution in [3.05, 3.63) is 59.9 Å². The number of benzene rings is 2. The van der Waals surface area contributed by atoms with Crippen molar-refractivity contribution < 1.29 is 18.8 Å². The molecule has 1 N–H and O–H groups in total. The number of para-hydroxylation sites is 2. The highest BCUT2D eigenvalue weighted by Gasteiger charge is 2.06. The zero-order chi connectivity index (χ0) is 15.8. The van der Waals surface area contributed by atoms with E-state index in [9.17, 15) is 9.18 Å². The fraction of sp³-hybridized carbons (Fsp3) is 0.125. The van der Waals surface area contributed by atoms with Gasteiger partial charge in [-0.1, -0.05) is 29.4 Å². The molecule has 0 spiro atoms. The van der Waals surface area contributed by atoms with E-state index in [4.69, 9.17) is 9.57 Å². The molecule has 2 aromatic carbocycles. The third kappa shape index (κ3) is 4.31. The van der Waals surface area contributed by atoms with Gasteiger partial charge in [-0.05, 0) is 24.3 Å². The highest BCUT2D eigenvalue weighted by Crippen LogP contribution is 2.15. The van der Waals surface area contributed by atoms with Gasteiger partial charge >= 0.3 is 0 Å². The highest BCUT2D eigenvalue weighted by atomic mass is 19.1. The van der Waals surface area contributed by atoms with Gasteiger partial charge in [0.25, 0.3) is 5.91 Å². The van der Waals surface area contributed by atoms with Crippen LogP contribution in [0.25, 0.3) is 0 Å². The number of hydrogen-bond donors (Lipinski definition) is 1. The van der Waals surface area contributed by atoms with Crippen molar-refractivity contribution in [3.8, 4) is 5.75 Å². The standard InChI is InChI=1S/C16H15FN2O3/c1-21-15-9-5-2-6-12(15)10-18-22-11-16(20)19-14-8-4-3-7-13(14)17/h2-10H,11H2,1H3,(H,19,20)/b18-10-. The molecule has 0 saturated heterocycles. The van der Waals surface area contributed by atoms with Gasteiger partial charge in [-0.15, -0.1) is 0 Å². The highest BCUT2D eigenvalue weighted by molar-refractivity contribution is 5.91. The third-order valence-corrected chi connectivity index (χ3v) is 2.75. The van der Waals surface area contributed by atoms with Gasteiger partial charge in [-0.3, -0.25) is 4.79 Å². The van der Waals surface area contributed by atoms with Crippen molar-refractivity contribution in [1.82, 2.24) is 0 Å². The molecule has 0 aliphatic carbocycles. The molecule has 0 heterocycles. The average Bonchev–Trinajstić information content (AvgIpc) is 2.54. The number of nitrogens with zero attached hydrogens (tertiary/aromatic N) is 1. The van der Waals surface area contributed by atoms with E-state index in [0.717, 1.165) is 5.56 Å². The molecule has 1 amide bonds. The Hall–Kier alpha value is -2.89. The Balaban J connectivity index is 1.84. The van der Waals surface area contributed by atoms with Crippen molar-refractivity contribution in [1.29, 1.82) is 0 Å². The maximum atomic E-state index is 13.3. The van der Waals surface area contributed by atoms with E-state index in [1.165, 1.54) is 18.3 Å². The Kier molecular flexibility index (Phi) is 5.48. The van der Waals surface area contributed by atoms with Gasteiger partial charge in [0, 0.05) is 5.56 Å². The number of rotatable bonds is 6. The van der Waals surface area contributed by atoms with Crippen LogP contribution in [-0.4, -0.2) is 25.8 Å². The lowest BCUT2D eigenvalue weighted by Gasteiger charge is -2.05. The number of ether oxygens (including phenoxy) is 1. The maximum absolute atomic E-state index is 13.3. The molecule has 6 heteroatoms. The van der Waals surface area contributed by atoms with Gasteiger partial charge in [0.2, 0.25) is 0 Å². The second-order valence-electron chi connectivity index (χ2n) is 4.28. The minimum absolute atomic E-state index is 0.102. The number of carbonyl (C=O) groups is 1. The van der Waals surface area contributed by atoms with Crippen molar-refractivity contribution in [2.45, 2.75) is 0 Å². The number of nitrogens with one attached hydrogen (secondary N) is 1. The molecule has 0 unspecified atom stereocenters. The van der Waals surface area contributed by atoms with E-state index < -0.39 is 11.7 Å². The summed E-state index contributed by atoms with van der Waals surface area (Å²) in [6.07, 6.45) is 1.44. The Morgan fingerprint density at radius 3 is 2.73 bits per heavy atom. The third-order valence-electron chi connectivity index (χ3n) is 2.75. The predicted molar refractivity (Wildman–Crippen MR) is 81.6 cm³/mol. The zero-order valence-corrected chi connectivity index (χ0v) is 12.0. The molecule has 0 saturated carbocycles. The van der Waals surface area contributed by atoms with Crippen LogP contribution in [0.3, 0.4) is 0 Å². The predicted octanol–water partition coefficient (Wildman–Crippen LogP) is 2.82. The molecule has 5 nitrogen and oxygen atoms in total. The van der Waals surface area contributed by atoms with Crippen LogP contribution in [0.1, 0.15) is 5.56 Å². The summed E-state index contributed by atoms with van der Waals surface area (Å²) in [5.74, 6) is -0.360. The quantitative estimate of drug-likeness (QED) is 0.659. The summed E-state index contributed by atoms with van der Waals surface area (Å²) in [7, 11) is 1.55. The second kappa shape index (κ2) is 7.78. The van der Waals surface area contributed by atoms with Crippen molar-refractivity contribution >= 4 is 17.8 Å². The second-order valence-corrected chi connectivity index (χ2v) is 4.28. The van der Waals surface area contributed by atoms with E-state index >= 15 is 0 Å². The molecule has 2 aromatic rings. The molecule has 0 aliphatic heterocycles. The van der Waals surface area contributed by atoms with Gasteiger partial charge in [0.1, 0.15) is 11.6 Å². The van der Waals surface area contributed by atoms with Gasteiger partial charge in [-0.2, -0.15) is 0 Å². The van der Waals surface area contributed by atoms with Crippen LogP contribution < -0.4 is 10.1 Å². The topological polar surface area (TPSA) is 59.9 Å². The maximum Gasteiger partial charge on any atom is 0.265 e. The summed E-state index contributed by atoms with van der Waals surface area (Å²) in [6.45, 7) is -0.319. The van der Waals surface area contributed by atoms with E-state index in [-0.39, 0.29) is 12.3 Å². The summed E-state index contributed by atoms with van der Waals surface area (Å²) in [5, 5.41) is 6.09. The lowest BCUT2D eigenvalue weighted by atomic mass is 10.2. The van der Waals surface area contributed by atoms with Crippen LogP contribution in [0.15, 0.2) is 53.7 Å². The molecule has 0 aromatic heterocycles. The number of amides is 1. The fourth-order valence-electron chi connectivity index (χ4n) is 1.71. The average molecular weight is 302 g/mol. The smallest absolute Gasteiger partial charge is 0.265 e. The molecule has 0 atom stereocenters. The van der Waals surface area contributed by atoms with Crippen LogP contribution in [-0.2, 0) is 9.63 Å². The van der Waals surface area contributed by atoms with E-state index in [1.54, 1.807) is 31.4 Å². The molecule has 114 valence electrons. The number of anilines is 1. The van der Waals surface area contributed by atoms with E-state index in [0.29, 0.717) is 5.75 Å². The molecule has 0 bridgehead atoms. The molecule has 0 aliphatic rings. The van der Waals surface area contributed by atoms with Crippen LogP contribution >= 0.6 is 0 Å². The lowest BCUT2D eigenvalue weighted by Crippen LogP contribution is -2.17. The summed E-state index contributed by atoms with van der Waals surface area (Å²) >= 11 is 0. The minimum Gasteiger partial charge on any atom is -0.496 e. The van der Waals surface area contributed by atoms with Gasteiger partial charge in [-0.25, -0.2) is 4.39 Å². The summed E-state index contributed by atoms with van der Waals surface area (Å²) in [5.41, 5.74) is 0.823. The van der Waals surface area contributed by atoms with Crippen LogP contribution in [0.4, 0.5) is 10.1 Å². The Labute approximate surface area is 127 Å². The summed E-state index contributed by atoms with van der Waals surface area (Å²) < 4.78 is 18.5. The largest absolute Gasteiger partial charge is 0.496 e. The first kappa shape index (κ1) is 15.5. The molecule has 22 heavy (non-hydrogen) atoms. The van der Waals surface area contributed by atoms with Crippen molar-refractivity contribution in [2.75, 3.05) is 19.0 Å². The Bertz CT molecular complexity index is 674. The van der Waals surface area contributed by atoms with Gasteiger partial charge in [0.15, 0.2) is 6.61 Å². The Morgan fingerprint density at radius 1 is 1.23 bits per heavy atom. The van der Waals surface area contributed by atoms with Crippen molar-refractivity contribution in [3.63, 3.8) is 0 Å². The summed E-state index contributed by atoms with van der Waals surface area (Å²) in [6, 6.07) is 13.1. The monoisotopic (exact) mass is 302 g/mol. The number of oxime groups is 1. The number of halogens is 1. The first-order chi connectivity index (χ1) is 10.7. The van der Waals surface area contributed by atoms with Crippen LogP contribution in [0.2, 0.25) is 0 Å². The molecule has 0 radical (unpaired) electrons. The van der Waals surface area contributed by atoms with Crippen LogP contribution in [0.5, 0.6) is 5.75 Å². The fourth-order valence-corrected chi connectivity index (χ4v) is 1.71. The first-order valence-corrected chi connectivity index (χ1v) is 6.53. The normalized spacial score (nSPS) is 10.5. The SMILES string of the molecule is COc1ccccc1/C=N\OCC(=O)Nc1ccccc1F. The minimum atomic E-state index is -0.506. The molecular weight excluding hydrogens is 287 g/mol.